The molecule has 35 heavy (non-hydrogen) atoms. The number of amides is 1. The van der Waals surface area contributed by atoms with Crippen molar-refractivity contribution in [2.24, 2.45) is 5.92 Å². The van der Waals surface area contributed by atoms with Crippen LogP contribution in [0.5, 0.6) is 0 Å². The van der Waals surface area contributed by atoms with Crippen LogP contribution in [0.1, 0.15) is 29.9 Å². The van der Waals surface area contributed by atoms with Crippen LogP contribution in [0.3, 0.4) is 0 Å². The van der Waals surface area contributed by atoms with Crippen molar-refractivity contribution in [3.8, 4) is 0 Å². The van der Waals surface area contributed by atoms with Crippen molar-refractivity contribution in [2.75, 3.05) is 31.7 Å². The highest BCUT2D eigenvalue weighted by molar-refractivity contribution is 6.31. The van der Waals surface area contributed by atoms with E-state index in [1.807, 2.05) is 0 Å². The van der Waals surface area contributed by atoms with Gasteiger partial charge in [0.1, 0.15) is 17.4 Å². The number of halogens is 3. The van der Waals surface area contributed by atoms with Crippen LogP contribution in [-0.2, 0) is 15.1 Å². The largest absolute Gasteiger partial charge is 0.394 e. The summed E-state index contributed by atoms with van der Waals surface area (Å²) < 4.78 is 21.0. The van der Waals surface area contributed by atoms with Crippen molar-refractivity contribution >= 4 is 34.8 Å². The summed E-state index contributed by atoms with van der Waals surface area (Å²) in [5.74, 6) is -2.51. The fraction of sp³-hybridized carbons (Fsp3) is 0.458. The van der Waals surface area contributed by atoms with Crippen molar-refractivity contribution in [3.05, 3.63) is 73.5 Å². The molecule has 0 radical (unpaired) electrons. The lowest BCUT2D eigenvalue weighted by Gasteiger charge is -2.40. The van der Waals surface area contributed by atoms with Gasteiger partial charge in [-0.1, -0.05) is 41.4 Å². The fourth-order valence-electron chi connectivity index (χ4n) is 6.10. The van der Waals surface area contributed by atoms with Crippen LogP contribution in [0.2, 0.25) is 10.0 Å². The van der Waals surface area contributed by atoms with Crippen LogP contribution < -0.4 is 5.32 Å². The Morgan fingerprint density at radius 1 is 1.26 bits per heavy atom. The van der Waals surface area contributed by atoms with Gasteiger partial charge in [0, 0.05) is 46.5 Å². The third-order valence-corrected chi connectivity index (χ3v) is 8.10. The van der Waals surface area contributed by atoms with Gasteiger partial charge in [0.25, 0.3) is 5.91 Å². The van der Waals surface area contributed by atoms with E-state index in [2.05, 4.69) is 5.32 Å². The van der Waals surface area contributed by atoms with E-state index in [1.165, 1.54) is 18.2 Å². The molecule has 2 aromatic rings. The van der Waals surface area contributed by atoms with Crippen molar-refractivity contribution in [3.63, 3.8) is 0 Å². The Bertz CT molecular complexity index is 1180. The number of anilines is 1. The molecule has 5 rings (SSSR count). The molecule has 11 heteroatoms. The predicted molar refractivity (Wildman–Crippen MR) is 128 cm³/mol. The van der Waals surface area contributed by atoms with Crippen LogP contribution in [0.15, 0.2) is 36.4 Å². The average molecular weight is 524 g/mol. The minimum Gasteiger partial charge on any atom is -0.394 e. The maximum atomic E-state index is 15.5. The lowest BCUT2D eigenvalue weighted by Crippen LogP contribution is -2.54. The summed E-state index contributed by atoms with van der Waals surface area (Å²) in [6.07, 6.45) is 1.41. The summed E-state index contributed by atoms with van der Waals surface area (Å²) in [6.45, 7) is 0.802. The van der Waals surface area contributed by atoms with Gasteiger partial charge in [0.05, 0.1) is 17.5 Å². The third kappa shape index (κ3) is 3.72. The van der Waals surface area contributed by atoms with Crippen molar-refractivity contribution in [2.45, 2.75) is 36.4 Å². The first-order valence-electron chi connectivity index (χ1n) is 11.4. The first kappa shape index (κ1) is 24.4. The number of hydrogen-bond donors (Lipinski definition) is 2. The Kier molecular flexibility index (Phi) is 6.48. The van der Waals surface area contributed by atoms with Gasteiger partial charge in [0.15, 0.2) is 0 Å². The summed E-state index contributed by atoms with van der Waals surface area (Å²) >= 11 is 12.3. The molecule has 4 atom stereocenters. The van der Waals surface area contributed by atoms with Gasteiger partial charge in [-0.15, -0.1) is 0 Å². The summed E-state index contributed by atoms with van der Waals surface area (Å²) in [6, 6.07) is 6.62. The summed E-state index contributed by atoms with van der Waals surface area (Å²) in [5, 5.41) is 26.0. The van der Waals surface area contributed by atoms with Crippen molar-refractivity contribution in [1.29, 1.82) is 0 Å². The van der Waals surface area contributed by atoms with E-state index in [9.17, 15) is 20.0 Å². The summed E-state index contributed by atoms with van der Waals surface area (Å²) in [4.78, 5) is 27.7. The maximum Gasteiger partial charge on any atom is 0.250 e. The molecule has 0 unspecified atom stereocenters. The zero-order valence-electron chi connectivity index (χ0n) is 18.6. The van der Waals surface area contributed by atoms with Gasteiger partial charge < -0.3 is 15.2 Å². The SMILES string of the molecule is O=C1Nc2cc(Cl)ccc2[C@@]12[C@@H](c1cccc(Cl)c1F)[C@H]([N+](=O)[O-])[C@H](CO)N2CC1CCOCC1. The molecular formula is C24H24Cl2FN3O5. The molecule has 3 aliphatic rings. The molecule has 0 saturated carbocycles. The zero-order chi connectivity index (χ0) is 24.9. The first-order valence-corrected chi connectivity index (χ1v) is 12.2. The van der Waals surface area contributed by atoms with Crippen LogP contribution >= 0.6 is 23.2 Å². The van der Waals surface area contributed by atoms with Gasteiger partial charge in [-0.2, -0.15) is 0 Å². The van der Waals surface area contributed by atoms with Gasteiger partial charge in [-0.25, -0.2) is 4.39 Å². The van der Waals surface area contributed by atoms with Gasteiger partial charge in [0.2, 0.25) is 6.04 Å². The topological polar surface area (TPSA) is 105 Å². The molecule has 2 fully saturated rings. The molecule has 8 nitrogen and oxygen atoms in total. The van der Waals surface area contributed by atoms with Crippen LogP contribution in [-0.4, -0.2) is 59.3 Å². The minimum atomic E-state index is -1.64. The van der Waals surface area contributed by atoms with Gasteiger partial charge in [-0.3, -0.25) is 19.8 Å². The second-order valence-corrected chi connectivity index (χ2v) is 10.1. The first-order chi connectivity index (χ1) is 16.8. The molecule has 2 saturated heterocycles. The van der Waals surface area contributed by atoms with Crippen molar-refractivity contribution < 1.29 is 24.0 Å². The minimum absolute atomic E-state index is 0.0370. The molecule has 2 N–H and O–H groups in total. The number of likely N-dealkylation sites (tertiary alicyclic amines) is 1. The Balaban J connectivity index is 1.79. The second-order valence-electron chi connectivity index (χ2n) is 9.27. The number of rotatable bonds is 5. The standard InChI is InChI=1S/C24H24Cl2FN3O5/c25-14-4-5-16-18(10-14)28-23(32)24(16)20(15-2-1-3-17(26)21(15)27)22(30(33)34)19(12-31)29(24)11-13-6-8-35-9-7-13/h1-5,10,13,19-20,22,31H,6-9,11-12H2,(H,28,32)/t19-,20-,22+,24+/m0/s1. The number of ether oxygens (including phenoxy) is 1. The number of benzene rings is 2. The van der Waals surface area contributed by atoms with E-state index < -0.39 is 46.8 Å². The van der Waals surface area contributed by atoms with Gasteiger partial charge in [-0.05, 0) is 37.0 Å². The molecule has 3 aliphatic heterocycles. The average Bonchev–Trinajstić information content (AvgIpc) is 3.28. The number of nitro groups is 1. The molecule has 1 amide bonds. The van der Waals surface area contributed by atoms with Crippen LogP contribution in [0.4, 0.5) is 10.1 Å². The normalized spacial score (nSPS) is 28.9. The molecule has 186 valence electrons. The maximum absolute atomic E-state index is 15.5. The predicted octanol–water partition coefficient (Wildman–Crippen LogP) is 3.81. The number of fused-ring (bicyclic) bond motifs is 2. The number of carbonyl (C=O) groups is 1. The Morgan fingerprint density at radius 2 is 2.00 bits per heavy atom. The summed E-state index contributed by atoms with van der Waals surface area (Å²) in [7, 11) is 0. The van der Waals surface area contributed by atoms with Crippen molar-refractivity contribution in [1.82, 2.24) is 4.90 Å². The highest BCUT2D eigenvalue weighted by Crippen LogP contribution is 2.58. The lowest BCUT2D eigenvalue weighted by molar-refractivity contribution is -0.528. The van der Waals surface area contributed by atoms with Crippen LogP contribution in [0, 0.1) is 21.8 Å². The molecule has 2 aromatic carbocycles. The second kappa shape index (κ2) is 9.29. The molecular weight excluding hydrogens is 500 g/mol. The summed E-state index contributed by atoms with van der Waals surface area (Å²) in [5.41, 5.74) is -0.807. The zero-order valence-corrected chi connectivity index (χ0v) is 20.1. The van der Waals surface area contributed by atoms with E-state index in [4.69, 9.17) is 27.9 Å². The highest BCUT2D eigenvalue weighted by atomic mass is 35.5. The Hall–Kier alpha value is -2.30. The molecule has 1 spiro atoms. The van der Waals surface area contributed by atoms with E-state index in [0.717, 1.165) is 0 Å². The van der Waals surface area contributed by atoms with E-state index in [0.29, 0.717) is 48.9 Å². The number of carbonyl (C=O) groups excluding carboxylic acids is 1. The number of nitrogens with one attached hydrogen (secondary N) is 1. The number of nitrogens with zero attached hydrogens (tertiary/aromatic N) is 2. The molecule has 0 bridgehead atoms. The molecule has 0 aromatic heterocycles. The third-order valence-electron chi connectivity index (χ3n) is 7.57. The smallest absolute Gasteiger partial charge is 0.250 e. The number of hydrogen-bond acceptors (Lipinski definition) is 6. The Labute approximate surface area is 211 Å². The number of aliphatic hydroxyl groups excluding tert-OH is 1. The highest BCUT2D eigenvalue weighted by Gasteiger charge is 2.71. The number of aliphatic hydroxyl groups is 1. The van der Waals surface area contributed by atoms with E-state index >= 15 is 4.39 Å². The van der Waals surface area contributed by atoms with E-state index in [-0.39, 0.29) is 16.5 Å². The molecule has 0 aliphatic carbocycles. The molecule has 3 heterocycles. The monoisotopic (exact) mass is 523 g/mol. The quantitative estimate of drug-likeness (QED) is 0.456. The van der Waals surface area contributed by atoms with E-state index in [1.54, 1.807) is 23.1 Å². The van der Waals surface area contributed by atoms with Gasteiger partial charge >= 0.3 is 0 Å². The van der Waals surface area contributed by atoms with Crippen LogP contribution in [0.25, 0.3) is 0 Å². The Morgan fingerprint density at radius 3 is 2.69 bits per heavy atom. The lowest BCUT2D eigenvalue weighted by atomic mass is 9.73. The fourth-order valence-corrected chi connectivity index (χ4v) is 6.46.